The second kappa shape index (κ2) is 4.18. The van der Waals surface area contributed by atoms with Gasteiger partial charge in [0, 0.05) is 0 Å². The van der Waals surface area contributed by atoms with E-state index in [1.165, 1.54) is 0 Å². The first-order chi connectivity index (χ1) is 10.1. The highest BCUT2D eigenvalue weighted by molar-refractivity contribution is 6.03. The Balaban J connectivity index is 1.91. The van der Waals surface area contributed by atoms with Crippen LogP contribution < -0.4 is 4.74 Å². The van der Waals surface area contributed by atoms with Crippen LogP contribution in [-0.2, 0) is 0 Å². The SMILES string of the molecule is Cc1cc(C)c2c(c1)C(=O)C1C(O)c3ccccc3C1O2. The molecule has 3 heteroatoms. The van der Waals surface area contributed by atoms with Crippen LogP contribution in [0.25, 0.3) is 0 Å². The van der Waals surface area contributed by atoms with Gasteiger partial charge < -0.3 is 9.84 Å². The van der Waals surface area contributed by atoms with E-state index in [1.807, 2.05) is 50.2 Å². The molecule has 0 aromatic heterocycles. The molecule has 1 heterocycles. The first-order valence-corrected chi connectivity index (χ1v) is 7.17. The molecular weight excluding hydrogens is 264 g/mol. The molecule has 106 valence electrons. The number of rotatable bonds is 0. The van der Waals surface area contributed by atoms with Crippen molar-refractivity contribution in [1.82, 2.24) is 0 Å². The zero-order chi connectivity index (χ0) is 14.7. The molecule has 0 bridgehead atoms. The second-order valence-corrected chi connectivity index (χ2v) is 5.96. The van der Waals surface area contributed by atoms with Gasteiger partial charge in [-0.05, 0) is 42.2 Å². The number of carbonyl (C=O) groups excluding carboxylic acids is 1. The molecule has 3 nitrogen and oxygen atoms in total. The van der Waals surface area contributed by atoms with Crippen LogP contribution in [0.5, 0.6) is 5.75 Å². The number of ether oxygens (including phenoxy) is 1. The van der Waals surface area contributed by atoms with Crippen LogP contribution in [0.1, 0.15) is 44.8 Å². The lowest BCUT2D eigenvalue weighted by Crippen LogP contribution is -2.31. The Hall–Kier alpha value is -2.13. The summed E-state index contributed by atoms with van der Waals surface area (Å²) in [6.45, 7) is 3.92. The first kappa shape index (κ1) is 12.6. The molecule has 2 aromatic rings. The Kier molecular flexibility index (Phi) is 2.51. The molecule has 0 fully saturated rings. The summed E-state index contributed by atoms with van der Waals surface area (Å²) in [7, 11) is 0. The lowest BCUT2D eigenvalue weighted by molar-refractivity contribution is 0.0313. The van der Waals surface area contributed by atoms with Crippen molar-refractivity contribution in [3.8, 4) is 5.75 Å². The number of aliphatic hydroxyl groups excluding tert-OH is 1. The van der Waals surface area contributed by atoms with Crippen molar-refractivity contribution in [2.75, 3.05) is 0 Å². The maximum absolute atomic E-state index is 12.8. The van der Waals surface area contributed by atoms with E-state index < -0.39 is 12.0 Å². The second-order valence-electron chi connectivity index (χ2n) is 5.96. The Morgan fingerprint density at radius 3 is 2.57 bits per heavy atom. The average molecular weight is 280 g/mol. The molecule has 4 rings (SSSR count). The van der Waals surface area contributed by atoms with Crippen LogP contribution >= 0.6 is 0 Å². The van der Waals surface area contributed by atoms with Gasteiger partial charge in [0.15, 0.2) is 5.78 Å². The number of ketones is 1. The first-order valence-electron chi connectivity index (χ1n) is 7.17. The molecule has 0 saturated heterocycles. The van der Waals surface area contributed by atoms with Gasteiger partial charge in [-0.25, -0.2) is 0 Å². The molecule has 2 aromatic carbocycles. The Bertz CT molecular complexity index is 763. The van der Waals surface area contributed by atoms with Gasteiger partial charge in [0.25, 0.3) is 0 Å². The standard InChI is InChI=1S/C18H16O3/c1-9-7-10(2)17-13(8-9)16(20)14-15(19)11-5-3-4-6-12(11)18(14)21-17/h3-8,14-15,18-19H,1-2H3. The molecule has 0 saturated carbocycles. The van der Waals surface area contributed by atoms with Crippen LogP contribution in [0.15, 0.2) is 36.4 Å². The summed E-state index contributed by atoms with van der Waals surface area (Å²) in [5, 5.41) is 10.5. The highest BCUT2D eigenvalue weighted by Crippen LogP contribution is 2.51. The lowest BCUT2D eigenvalue weighted by Gasteiger charge is -2.30. The predicted molar refractivity (Wildman–Crippen MR) is 78.5 cm³/mol. The Morgan fingerprint density at radius 1 is 1.10 bits per heavy atom. The normalized spacial score (nSPS) is 25.9. The smallest absolute Gasteiger partial charge is 0.176 e. The Morgan fingerprint density at radius 2 is 1.81 bits per heavy atom. The zero-order valence-electron chi connectivity index (χ0n) is 12.0. The molecule has 1 N–H and O–H groups in total. The fourth-order valence-corrected chi connectivity index (χ4v) is 3.61. The summed E-state index contributed by atoms with van der Waals surface area (Å²) in [6.07, 6.45) is -1.16. The summed E-state index contributed by atoms with van der Waals surface area (Å²) >= 11 is 0. The molecule has 21 heavy (non-hydrogen) atoms. The number of aliphatic hydroxyl groups is 1. The number of carbonyl (C=O) groups is 1. The summed E-state index contributed by atoms with van der Waals surface area (Å²) < 4.78 is 6.13. The van der Waals surface area contributed by atoms with Crippen LogP contribution in [0.4, 0.5) is 0 Å². The summed E-state index contributed by atoms with van der Waals surface area (Å²) in [4.78, 5) is 12.8. The molecule has 3 unspecified atom stereocenters. The van der Waals surface area contributed by atoms with E-state index in [9.17, 15) is 9.90 Å². The average Bonchev–Trinajstić information content (AvgIpc) is 2.75. The highest BCUT2D eigenvalue weighted by Gasteiger charge is 2.49. The Labute approximate surface area is 123 Å². The van der Waals surface area contributed by atoms with E-state index in [0.29, 0.717) is 11.3 Å². The minimum absolute atomic E-state index is 0.0169. The molecule has 3 atom stereocenters. The van der Waals surface area contributed by atoms with Gasteiger partial charge in [-0.2, -0.15) is 0 Å². The fourth-order valence-electron chi connectivity index (χ4n) is 3.61. The van der Waals surface area contributed by atoms with E-state index in [0.717, 1.165) is 22.3 Å². The lowest BCUT2D eigenvalue weighted by atomic mass is 9.86. The van der Waals surface area contributed by atoms with E-state index in [-0.39, 0.29) is 11.9 Å². The predicted octanol–water partition coefficient (Wildman–Crippen LogP) is 3.28. The molecular formula is C18H16O3. The van der Waals surface area contributed by atoms with Crippen molar-refractivity contribution in [3.63, 3.8) is 0 Å². The van der Waals surface area contributed by atoms with Crippen LogP contribution in [0, 0.1) is 19.8 Å². The topological polar surface area (TPSA) is 46.5 Å². The van der Waals surface area contributed by atoms with Gasteiger partial charge in [0.05, 0.1) is 17.6 Å². The van der Waals surface area contributed by atoms with Gasteiger partial charge in [-0.1, -0.05) is 30.3 Å². The monoisotopic (exact) mass is 280 g/mol. The third kappa shape index (κ3) is 1.61. The molecule has 0 spiro atoms. The summed E-state index contributed by atoms with van der Waals surface area (Å²) in [5.41, 5.74) is 4.33. The van der Waals surface area contributed by atoms with Gasteiger partial charge >= 0.3 is 0 Å². The van der Waals surface area contributed by atoms with Crippen molar-refractivity contribution in [1.29, 1.82) is 0 Å². The van der Waals surface area contributed by atoms with E-state index in [1.54, 1.807) is 0 Å². The molecule has 1 aliphatic heterocycles. The molecule has 2 aliphatic rings. The van der Waals surface area contributed by atoms with E-state index in [2.05, 4.69) is 0 Å². The molecule has 1 aliphatic carbocycles. The molecule has 0 amide bonds. The van der Waals surface area contributed by atoms with Crippen molar-refractivity contribution in [3.05, 3.63) is 64.2 Å². The minimum atomic E-state index is -0.785. The number of hydrogen-bond acceptors (Lipinski definition) is 3. The van der Waals surface area contributed by atoms with Gasteiger partial charge in [-0.15, -0.1) is 0 Å². The zero-order valence-corrected chi connectivity index (χ0v) is 12.0. The summed E-state index contributed by atoms with van der Waals surface area (Å²) in [6, 6.07) is 11.5. The highest BCUT2D eigenvalue weighted by atomic mass is 16.5. The maximum Gasteiger partial charge on any atom is 0.176 e. The van der Waals surface area contributed by atoms with Gasteiger partial charge in [-0.3, -0.25) is 4.79 Å². The molecule has 0 radical (unpaired) electrons. The third-order valence-corrected chi connectivity index (χ3v) is 4.52. The van der Waals surface area contributed by atoms with Crippen molar-refractivity contribution < 1.29 is 14.6 Å². The minimum Gasteiger partial charge on any atom is -0.484 e. The van der Waals surface area contributed by atoms with Gasteiger partial charge in [0.1, 0.15) is 11.9 Å². The van der Waals surface area contributed by atoms with Crippen LogP contribution in [-0.4, -0.2) is 10.9 Å². The number of benzene rings is 2. The third-order valence-electron chi connectivity index (χ3n) is 4.52. The summed E-state index contributed by atoms with van der Waals surface area (Å²) in [5.74, 6) is 0.114. The van der Waals surface area contributed by atoms with Crippen LogP contribution in [0.2, 0.25) is 0 Å². The quantitative estimate of drug-likeness (QED) is 0.805. The van der Waals surface area contributed by atoms with E-state index >= 15 is 0 Å². The number of fused-ring (bicyclic) bond motifs is 4. The van der Waals surface area contributed by atoms with Crippen molar-refractivity contribution >= 4 is 5.78 Å². The van der Waals surface area contributed by atoms with Crippen LogP contribution in [0.3, 0.4) is 0 Å². The largest absolute Gasteiger partial charge is 0.484 e. The van der Waals surface area contributed by atoms with Gasteiger partial charge in [0.2, 0.25) is 0 Å². The fraction of sp³-hybridized carbons (Fsp3) is 0.278. The number of aryl methyl sites for hydroxylation is 2. The van der Waals surface area contributed by atoms with E-state index in [4.69, 9.17) is 4.74 Å². The van der Waals surface area contributed by atoms with Crippen molar-refractivity contribution in [2.24, 2.45) is 5.92 Å². The maximum atomic E-state index is 12.8. The van der Waals surface area contributed by atoms with Crippen molar-refractivity contribution in [2.45, 2.75) is 26.1 Å². The number of hydrogen-bond donors (Lipinski definition) is 1. The number of Topliss-reactive ketones (excluding diaryl/α,β-unsaturated/α-hetero) is 1.